The summed E-state index contributed by atoms with van der Waals surface area (Å²) in [7, 11) is 0. The number of allylic oxidation sites excluding steroid dienone is 14. The number of ether oxygens (including phenoxy) is 3. The van der Waals surface area contributed by atoms with Gasteiger partial charge in [-0.05, 0) is 109 Å². The quantitative estimate of drug-likeness (QED) is 0.0262. The van der Waals surface area contributed by atoms with Gasteiger partial charge in [0.15, 0.2) is 6.10 Å². The Bertz CT molecular complexity index is 1250. The first-order valence-corrected chi connectivity index (χ1v) is 26.6. The molecule has 366 valence electrons. The lowest BCUT2D eigenvalue weighted by Crippen LogP contribution is -2.30. The molecule has 0 aromatic heterocycles. The predicted octanol–water partition coefficient (Wildman–Crippen LogP) is 17.6. The highest BCUT2D eigenvalue weighted by Crippen LogP contribution is 2.13. The fraction of sp³-hybridized carbons (Fsp3) is 0.707. The molecule has 0 rings (SSSR count). The zero-order chi connectivity index (χ0) is 46.5. The molecular formula is C58H98O6. The Morgan fingerprint density at radius 2 is 0.625 bits per heavy atom. The van der Waals surface area contributed by atoms with E-state index in [0.717, 1.165) is 103 Å². The molecule has 0 aromatic carbocycles. The number of hydrogen-bond acceptors (Lipinski definition) is 6. The van der Waals surface area contributed by atoms with E-state index in [1.54, 1.807) is 0 Å². The van der Waals surface area contributed by atoms with Crippen molar-refractivity contribution in [2.75, 3.05) is 13.2 Å². The van der Waals surface area contributed by atoms with Crippen LogP contribution in [0.1, 0.15) is 245 Å². The lowest BCUT2D eigenvalue weighted by molar-refractivity contribution is -0.167. The maximum atomic E-state index is 12.8. The Balaban J connectivity index is 4.50. The normalized spacial score (nSPS) is 12.7. The van der Waals surface area contributed by atoms with E-state index in [0.29, 0.717) is 19.3 Å². The second-order valence-electron chi connectivity index (χ2n) is 17.4. The summed E-state index contributed by atoms with van der Waals surface area (Å²) in [5, 5.41) is 0. The zero-order valence-corrected chi connectivity index (χ0v) is 41.8. The van der Waals surface area contributed by atoms with E-state index in [9.17, 15) is 14.4 Å². The fourth-order valence-electron chi connectivity index (χ4n) is 7.11. The molecule has 0 radical (unpaired) electrons. The molecule has 0 aliphatic carbocycles. The van der Waals surface area contributed by atoms with Crippen molar-refractivity contribution < 1.29 is 28.6 Å². The Labute approximate surface area is 395 Å². The van der Waals surface area contributed by atoms with Crippen LogP contribution >= 0.6 is 0 Å². The van der Waals surface area contributed by atoms with Crippen LogP contribution in [0.15, 0.2) is 85.1 Å². The molecule has 0 heterocycles. The number of esters is 3. The van der Waals surface area contributed by atoms with Gasteiger partial charge in [-0.15, -0.1) is 0 Å². The van der Waals surface area contributed by atoms with Crippen molar-refractivity contribution in [2.24, 2.45) is 0 Å². The van der Waals surface area contributed by atoms with Crippen molar-refractivity contribution in [3.05, 3.63) is 85.1 Å². The van der Waals surface area contributed by atoms with E-state index in [1.165, 1.54) is 96.3 Å². The Kier molecular flexibility index (Phi) is 49.4. The molecule has 1 unspecified atom stereocenters. The molecule has 0 spiro atoms. The smallest absolute Gasteiger partial charge is 0.306 e. The number of hydrogen-bond donors (Lipinski definition) is 0. The molecule has 6 heteroatoms. The van der Waals surface area contributed by atoms with E-state index < -0.39 is 6.10 Å². The summed E-state index contributed by atoms with van der Waals surface area (Å²) in [4.78, 5) is 38.0. The van der Waals surface area contributed by atoms with Crippen LogP contribution in [0.2, 0.25) is 0 Å². The average molecular weight is 891 g/mol. The van der Waals surface area contributed by atoms with Crippen LogP contribution in [0.25, 0.3) is 0 Å². The van der Waals surface area contributed by atoms with Gasteiger partial charge in [-0.2, -0.15) is 0 Å². The summed E-state index contributed by atoms with van der Waals surface area (Å²) in [6.45, 7) is 6.44. The molecule has 0 fully saturated rings. The molecule has 0 amide bonds. The fourth-order valence-corrected chi connectivity index (χ4v) is 7.11. The SMILES string of the molecule is CC/C=C\C/C=C\C/C=C\C/C=C\C/C=C\CCCC(=O)OCC(COC(=O)CCCCCCC/C=C\CCCCCC)OC(=O)CCCCCCC/C=C\CCCCCCCCC. The van der Waals surface area contributed by atoms with Crippen LogP contribution in [-0.4, -0.2) is 37.2 Å². The number of carbonyl (C=O) groups is 3. The summed E-state index contributed by atoms with van der Waals surface area (Å²) in [5.41, 5.74) is 0. The van der Waals surface area contributed by atoms with Gasteiger partial charge in [0.2, 0.25) is 0 Å². The molecular weight excluding hydrogens is 793 g/mol. The maximum absolute atomic E-state index is 12.8. The van der Waals surface area contributed by atoms with E-state index in [-0.39, 0.29) is 37.5 Å². The van der Waals surface area contributed by atoms with Gasteiger partial charge in [-0.1, -0.05) is 202 Å². The average Bonchev–Trinajstić information content (AvgIpc) is 3.29. The third-order valence-corrected chi connectivity index (χ3v) is 11.1. The first-order valence-electron chi connectivity index (χ1n) is 26.6. The predicted molar refractivity (Wildman–Crippen MR) is 274 cm³/mol. The van der Waals surface area contributed by atoms with Crippen molar-refractivity contribution in [3.63, 3.8) is 0 Å². The standard InChI is InChI=1S/C58H98O6/c1-4-7-10-13-16-19-22-25-27-29-31-33-36-39-42-45-48-51-57(60)63-54-55(53-62-56(59)50-47-44-41-38-35-32-24-21-18-15-12-9-6-3)64-58(61)52-49-46-43-40-37-34-30-28-26-23-20-17-14-11-8-5-2/h7,10,16,19,21,24-25,27-28,30-31,33,39,42,55H,4-6,8-9,11-15,17-18,20,22-23,26,29,32,34-38,40-41,43-54H2,1-3H3/b10-7-,19-16-,24-21-,27-25-,30-28-,33-31-,42-39-. The minimum atomic E-state index is -0.807. The molecule has 0 aliphatic rings. The highest BCUT2D eigenvalue weighted by molar-refractivity contribution is 5.71. The summed E-state index contributed by atoms with van der Waals surface area (Å²) >= 11 is 0. The van der Waals surface area contributed by atoms with Gasteiger partial charge >= 0.3 is 17.9 Å². The van der Waals surface area contributed by atoms with E-state index >= 15 is 0 Å². The van der Waals surface area contributed by atoms with Crippen molar-refractivity contribution in [3.8, 4) is 0 Å². The highest BCUT2D eigenvalue weighted by Gasteiger charge is 2.19. The lowest BCUT2D eigenvalue weighted by Gasteiger charge is -2.18. The molecule has 6 nitrogen and oxygen atoms in total. The maximum Gasteiger partial charge on any atom is 0.306 e. The minimum absolute atomic E-state index is 0.102. The number of unbranched alkanes of at least 4 members (excludes halogenated alkanes) is 22. The molecule has 0 bridgehead atoms. The largest absolute Gasteiger partial charge is 0.462 e. The van der Waals surface area contributed by atoms with Gasteiger partial charge in [-0.3, -0.25) is 14.4 Å². The lowest BCUT2D eigenvalue weighted by atomic mass is 10.1. The van der Waals surface area contributed by atoms with Gasteiger partial charge in [-0.25, -0.2) is 0 Å². The Morgan fingerprint density at radius 3 is 1.05 bits per heavy atom. The van der Waals surface area contributed by atoms with Gasteiger partial charge in [0, 0.05) is 19.3 Å². The third kappa shape index (κ3) is 49.6. The van der Waals surface area contributed by atoms with Gasteiger partial charge in [0.1, 0.15) is 13.2 Å². The van der Waals surface area contributed by atoms with Crippen molar-refractivity contribution in [2.45, 2.75) is 252 Å². The second-order valence-corrected chi connectivity index (χ2v) is 17.4. The first-order chi connectivity index (χ1) is 31.5. The van der Waals surface area contributed by atoms with E-state index in [4.69, 9.17) is 14.2 Å². The third-order valence-electron chi connectivity index (χ3n) is 11.1. The number of carbonyl (C=O) groups excluding carboxylic acids is 3. The Morgan fingerprint density at radius 1 is 0.328 bits per heavy atom. The monoisotopic (exact) mass is 891 g/mol. The molecule has 0 aromatic rings. The molecule has 0 saturated carbocycles. The van der Waals surface area contributed by atoms with Crippen molar-refractivity contribution >= 4 is 17.9 Å². The van der Waals surface area contributed by atoms with Gasteiger partial charge in [0.25, 0.3) is 0 Å². The van der Waals surface area contributed by atoms with Crippen molar-refractivity contribution in [1.82, 2.24) is 0 Å². The first kappa shape index (κ1) is 60.6. The van der Waals surface area contributed by atoms with Crippen LogP contribution in [0, 0.1) is 0 Å². The summed E-state index contributed by atoms with van der Waals surface area (Å²) in [6.07, 6.45) is 67.1. The summed E-state index contributed by atoms with van der Waals surface area (Å²) in [6, 6.07) is 0. The van der Waals surface area contributed by atoms with E-state index in [2.05, 4.69) is 106 Å². The van der Waals surface area contributed by atoms with Gasteiger partial charge < -0.3 is 14.2 Å². The van der Waals surface area contributed by atoms with E-state index in [1.807, 2.05) is 0 Å². The van der Waals surface area contributed by atoms with Crippen LogP contribution in [-0.2, 0) is 28.6 Å². The van der Waals surface area contributed by atoms with Crippen LogP contribution in [0.4, 0.5) is 0 Å². The molecule has 0 N–H and O–H groups in total. The molecule has 0 saturated heterocycles. The highest BCUT2D eigenvalue weighted by atomic mass is 16.6. The molecule has 64 heavy (non-hydrogen) atoms. The second kappa shape index (κ2) is 52.2. The van der Waals surface area contributed by atoms with Gasteiger partial charge in [0.05, 0.1) is 0 Å². The van der Waals surface area contributed by atoms with Crippen LogP contribution < -0.4 is 0 Å². The number of rotatable bonds is 47. The molecule has 0 aliphatic heterocycles. The molecule has 1 atom stereocenters. The van der Waals surface area contributed by atoms with Crippen molar-refractivity contribution in [1.29, 1.82) is 0 Å². The van der Waals surface area contributed by atoms with Crippen LogP contribution in [0.3, 0.4) is 0 Å². The summed E-state index contributed by atoms with van der Waals surface area (Å²) < 4.78 is 16.7. The van der Waals surface area contributed by atoms with Crippen LogP contribution in [0.5, 0.6) is 0 Å². The minimum Gasteiger partial charge on any atom is -0.462 e. The zero-order valence-electron chi connectivity index (χ0n) is 41.8. The summed E-state index contributed by atoms with van der Waals surface area (Å²) in [5.74, 6) is -0.979. The Hall–Kier alpha value is -3.41. The topological polar surface area (TPSA) is 78.9 Å².